The van der Waals surface area contributed by atoms with Crippen molar-refractivity contribution in [3.63, 3.8) is 0 Å². The molecule has 0 bridgehead atoms. The first kappa shape index (κ1) is 15.9. The Hall–Kier alpha value is -2.62. The Bertz CT molecular complexity index is 901. The average Bonchev–Trinajstić information content (AvgIpc) is 3.21. The normalized spacial score (nSPS) is 13.0. The maximum absolute atomic E-state index is 13.4. The molecule has 4 heteroatoms. The van der Waals surface area contributed by atoms with Gasteiger partial charge in [-0.1, -0.05) is 12.1 Å². The molecule has 0 radical (unpaired) electrons. The molecule has 0 unspecified atom stereocenters. The Morgan fingerprint density at radius 2 is 2.00 bits per heavy atom. The van der Waals surface area contributed by atoms with Crippen molar-refractivity contribution in [2.75, 3.05) is 6.61 Å². The van der Waals surface area contributed by atoms with Gasteiger partial charge in [0.1, 0.15) is 17.3 Å². The molecule has 3 aromatic rings. The van der Waals surface area contributed by atoms with Gasteiger partial charge in [-0.25, -0.2) is 9.37 Å². The van der Waals surface area contributed by atoms with E-state index in [0.29, 0.717) is 24.5 Å². The van der Waals surface area contributed by atoms with Gasteiger partial charge >= 0.3 is 0 Å². The van der Waals surface area contributed by atoms with Crippen LogP contribution in [0.5, 0.6) is 5.75 Å². The Morgan fingerprint density at radius 1 is 1.12 bits per heavy atom. The molecule has 3 nitrogen and oxygen atoms in total. The summed E-state index contributed by atoms with van der Waals surface area (Å²) in [6.07, 6.45) is 4.21. The predicted molar refractivity (Wildman–Crippen MR) is 94.3 cm³/mol. The summed E-state index contributed by atoms with van der Waals surface area (Å²) in [6.45, 7) is 2.41. The topological polar surface area (TPSA) is 35.3 Å². The smallest absolute Gasteiger partial charge is 0.226 e. The first-order valence-electron chi connectivity index (χ1n) is 8.66. The van der Waals surface area contributed by atoms with Crippen molar-refractivity contribution in [2.24, 2.45) is 0 Å². The third-order valence-electron chi connectivity index (χ3n) is 4.64. The summed E-state index contributed by atoms with van der Waals surface area (Å²) in [5.74, 6) is 1.81. The minimum absolute atomic E-state index is 0.296. The van der Waals surface area contributed by atoms with Gasteiger partial charge in [0.05, 0.1) is 12.3 Å². The van der Waals surface area contributed by atoms with Crippen LogP contribution in [0.1, 0.15) is 29.0 Å². The van der Waals surface area contributed by atoms with Gasteiger partial charge in [-0.15, -0.1) is 0 Å². The molecule has 128 valence electrons. The quantitative estimate of drug-likeness (QED) is 0.664. The fourth-order valence-electron chi connectivity index (χ4n) is 3.31. The first-order chi connectivity index (χ1) is 12.2. The molecule has 0 N–H and O–H groups in total. The zero-order valence-electron chi connectivity index (χ0n) is 14.2. The highest BCUT2D eigenvalue weighted by Crippen LogP contribution is 2.26. The Morgan fingerprint density at radius 3 is 2.88 bits per heavy atom. The number of ether oxygens (including phenoxy) is 1. The molecule has 4 rings (SSSR count). The van der Waals surface area contributed by atoms with E-state index in [4.69, 9.17) is 9.15 Å². The van der Waals surface area contributed by atoms with E-state index < -0.39 is 0 Å². The molecule has 1 aromatic heterocycles. The number of aryl methyl sites for hydroxylation is 3. The lowest BCUT2D eigenvalue weighted by atomic mass is 10.1. The Balaban J connectivity index is 1.41. The number of hydrogen-bond donors (Lipinski definition) is 0. The predicted octanol–water partition coefficient (Wildman–Crippen LogP) is 4.90. The third kappa shape index (κ3) is 3.43. The second kappa shape index (κ2) is 6.71. The van der Waals surface area contributed by atoms with E-state index in [1.54, 1.807) is 12.1 Å². The molecule has 0 fully saturated rings. The number of aromatic nitrogens is 1. The fourth-order valence-corrected chi connectivity index (χ4v) is 3.31. The van der Waals surface area contributed by atoms with Crippen LogP contribution in [0.4, 0.5) is 4.39 Å². The van der Waals surface area contributed by atoms with Crippen LogP contribution >= 0.6 is 0 Å². The second-order valence-electron chi connectivity index (χ2n) is 6.41. The highest BCUT2D eigenvalue weighted by molar-refractivity contribution is 5.53. The molecule has 0 aliphatic heterocycles. The van der Waals surface area contributed by atoms with E-state index in [2.05, 4.69) is 17.1 Å². The standard InChI is InChI=1S/C21H20FNO2/c1-14-20(23-21(25-14)17-6-3-7-18(22)12-17)10-11-24-19-9-8-15-4-2-5-16(15)13-19/h3,6-9,12-13H,2,4-5,10-11H2,1H3. The molecular weight excluding hydrogens is 317 g/mol. The number of benzene rings is 2. The van der Waals surface area contributed by atoms with E-state index in [-0.39, 0.29) is 5.82 Å². The van der Waals surface area contributed by atoms with E-state index in [1.165, 1.54) is 36.1 Å². The number of nitrogens with zero attached hydrogens (tertiary/aromatic N) is 1. The summed E-state index contributed by atoms with van der Waals surface area (Å²) in [4.78, 5) is 4.50. The lowest BCUT2D eigenvalue weighted by Gasteiger charge is -2.07. The molecule has 1 heterocycles. The van der Waals surface area contributed by atoms with Gasteiger partial charge < -0.3 is 9.15 Å². The van der Waals surface area contributed by atoms with Crippen molar-refractivity contribution in [1.29, 1.82) is 0 Å². The van der Waals surface area contributed by atoms with Crippen LogP contribution in [0.2, 0.25) is 0 Å². The molecular formula is C21H20FNO2. The van der Waals surface area contributed by atoms with E-state index in [9.17, 15) is 4.39 Å². The van der Waals surface area contributed by atoms with Crippen molar-refractivity contribution in [3.05, 3.63) is 70.9 Å². The molecule has 1 aliphatic rings. The summed E-state index contributed by atoms with van der Waals surface area (Å²) in [5, 5.41) is 0. The van der Waals surface area contributed by atoms with Crippen molar-refractivity contribution in [1.82, 2.24) is 4.98 Å². The second-order valence-corrected chi connectivity index (χ2v) is 6.41. The molecule has 0 saturated heterocycles. The number of halogens is 1. The molecule has 0 spiro atoms. The molecule has 1 aliphatic carbocycles. The van der Waals surface area contributed by atoms with Crippen molar-refractivity contribution >= 4 is 0 Å². The number of oxazole rings is 1. The molecule has 0 atom stereocenters. The van der Waals surface area contributed by atoms with Gasteiger partial charge in [-0.2, -0.15) is 0 Å². The lowest BCUT2D eigenvalue weighted by Crippen LogP contribution is -2.03. The molecule has 0 saturated carbocycles. The monoisotopic (exact) mass is 337 g/mol. The van der Waals surface area contributed by atoms with Crippen LogP contribution in [0, 0.1) is 12.7 Å². The van der Waals surface area contributed by atoms with Crippen LogP contribution in [0.3, 0.4) is 0 Å². The number of fused-ring (bicyclic) bond motifs is 1. The fraction of sp³-hybridized carbons (Fsp3) is 0.286. The highest BCUT2D eigenvalue weighted by atomic mass is 19.1. The summed E-state index contributed by atoms with van der Waals surface area (Å²) in [6, 6.07) is 12.6. The minimum Gasteiger partial charge on any atom is -0.493 e. The van der Waals surface area contributed by atoms with Gasteiger partial charge in [-0.3, -0.25) is 0 Å². The maximum atomic E-state index is 13.4. The molecule has 0 amide bonds. The molecule has 25 heavy (non-hydrogen) atoms. The van der Waals surface area contributed by atoms with Crippen molar-refractivity contribution < 1.29 is 13.5 Å². The zero-order chi connectivity index (χ0) is 17.2. The van der Waals surface area contributed by atoms with Crippen LogP contribution in [0.15, 0.2) is 46.9 Å². The average molecular weight is 337 g/mol. The van der Waals surface area contributed by atoms with E-state index in [0.717, 1.165) is 23.6 Å². The van der Waals surface area contributed by atoms with Gasteiger partial charge in [0.15, 0.2) is 0 Å². The summed E-state index contributed by atoms with van der Waals surface area (Å²) < 4.78 is 24.9. The van der Waals surface area contributed by atoms with Gasteiger partial charge in [0.25, 0.3) is 0 Å². The first-order valence-corrected chi connectivity index (χ1v) is 8.66. The van der Waals surface area contributed by atoms with Gasteiger partial charge in [0.2, 0.25) is 5.89 Å². The number of rotatable bonds is 5. The van der Waals surface area contributed by atoms with Crippen LogP contribution in [0.25, 0.3) is 11.5 Å². The minimum atomic E-state index is -0.296. The van der Waals surface area contributed by atoms with E-state index >= 15 is 0 Å². The van der Waals surface area contributed by atoms with Gasteiger partial charge in [0, 0.05) is 12.0 Å². The summed E-state index contributed by atoms with van der Waals surface area (Å²) >= 11 is 0. The van der Waals surface area contributed by atoms with Gasteiger partial charge in [-0.05, 0) is 67.6 Å². The maximum Gasteiger partial charge on any atom is 0.226 e. The SMILES string of the molecule is Cc1oc(-c2cccc(F)c2)nc1CCOc1ccc2c(c1)CCC2. The Kier molecular flexibility index (Phi) is 4.26. The lowest BCUT2D eigenvalue weighted by molar-refractivity contribution is 0.319. The van der Waals surface area contributed by atoms with Crippen LogP contribution in [-0.4, -0.2) is 11.6 Å². The van der Waals surface area contributed by atoms with Crippen molar-refractivity contribution in [2.45, 2.75) is 32.6 Å². The Labute approximate surface area is 146 Å². The third-order valence-corrected chi connectivity index (χ3v) is 4.64. The highest BCUT2D eigenvalue weighted by Gasteiger charge is 2.13. The number of hydrogen-bond acceptors (Lipinski definition) is 3. The zero-order valence-corrected chi connectivity index (χ0v) is 14.2. The van der Waals surface area contributed by atoms with E-state index in [1.807, 2.05) is 13.0 Å². The largest absolute Gasteiger partial charge is 0.493 e. The summed E-state index contributed by atoms with van der Waals surface area (Å²) in [5.41, 5.74) is 4.34. The van der Waals surface area contributed by atoms with Crippen LogP contribution < -0.4 is 4.74 Å². The molecule has 2 aromatic carbocycles. The summed E-state index contributed by atoms with van der Waals surface area (Å²) in [7, 11) is 0. The van der Waals surface area contributed by atoms with Crippen molar-refractivity contribution in [3.8, 4) is 17.2 Å². The van der Waals surface area contributed by atoms with Crippen LogP contribution in [-0.2, 0) is 19.3 Å².